The molecule has 0 saturated heterocycles. The molecule has 2 aromatic heterocycles. The molecule has 0 unspecified atom stereocenters. The van der Waals surface area contributed by atoms with Crippen LogP contribution in [-0.4, -0.2) is 11.2 Å². The SMILES string of the molecule is CCCCCCCCOc1ccc2c(c1)oc1c3ccc(C)cc3n(C)c21. The van der Waals surface area contributed by atoms with Crippen LogP contribution in [0.4, 0.5) is 0 Å². The fourth-order valence-corrected chi connectivity index (χ4v) is 3.97. The zero-order valence-electron chi connectivity index (χ0n) is 16.7. The van der Waals surface area contributed by atoms with Crippen molar-refractivity contribution < 1.29 is 9.15 Å². The molecule has 2 heterocycles. The van der Waals surface area contributed by atoms with Crippen LogP contribution >= 0.6 is 0 Å². The normalized spacial score (nSPS) is 11.8. The summed E-state index contributed by atoms with van der Waals surface area (Å²) in [6, 6.07) is 12.7. The van der Waals surface area contributed by atoms with Crippen molar-refractivity contribution in [3.05, 3.63) is 42.0 Å². The van der Waals surface area contributed by atoms with Gasteiger partial charge >= 0.3 is 0 Å². The van der Waals surface area contributed by atoms with Crippen LogP contribution in [0.3, 0.4) is 0 Å². The molecule has 4 aromatic rings. The number of ether oxygens (including phenoxy) is 1. The first-order valence-corrected chi connectivity index (χ1v) is 10.2. The molecule has 0 fully saturated rings. The molecule has 142 valence electrons. The highest BCUT2D eigenvalue weighted by Gasteiger charge is 2.16. The number of rotatable bonds is 8. The molecule has 3 heteroatoms. The molecule has 0 bridgehead atoms. The number of aryl methyl sites for hydroxylation is 2. The number of furan rings is 1. The van der Waals surface area contributed by atoms with Crippen molar-refractivity contribution in [3.8, 4) is 5.75 Å². The topological polar surface area (TPSA) is 27.3 Å². The van der Waals surface area contributed by atoms with Gasteiger partial charge in [-0.05, 0) is 43.2 Å². The summed E-state index contributed by atoms with van der Waals surface area (Å²) in [4.78, 5) is 0. The summed E-state index contributed by atoms with van der Waals surface area (Å²) < 4.78 is 14.4. The van der Waals surface area contributed by atoms with E-state index in [1.54, 1.807) is 0 Å². The first-order chi connectivity index (χ1) is 13.2. The van der Waals surface area contributed by atoms with Gasteiger partial charge in [0.1, 0.15) is 11.3 Å². The quantitative estimate of drug-likeness (QED) is 0.311. The average molecular weight is 364 g/mol. The van der Waals surface area contributed by atoms with Gasteiger partial charge in [0.25, 0.3) is 0 Å². The predicted molar refractivity (Wildman–Crippen MR) is 114 cm³/mol. The summed E-state index contributed by atoms with van der Waals surface area (Å²) in [6.07, 6.45) is 7.66. The Labute approximate surface area is 160 Å². The predicted octanol–water partition coefficient (Wildman–Crippen LogP) is 7.13. The Kier molecular flexibility index (Phi) is 5.11. The van der Waals surface area contributed by atoms with Crippen LogP contribution in [0.2, 0.25) is 0 Å². The smallest absolute Gasteiger partial charge is 0.161 e. The second kappa shape index (κ2) is 7.67. The highest BCUT2D eigenvalue weighted by atomic mass is 16.5. The van der Waals surface area contributed by atoms with Crippen molar-refractivity contribution in [2.45, 2.75) is 52.4 Å². The Hall–Kier alpha value is -2.42. The third-order valence-corrected chi connectivity index (χ3v) is 5.50. The maximum absolute atomic E-state index is 6.24. The van der Waals surface area contributed by atoms with Crippen LogP contribution in [0.25, 0.3) is 33.0 Å². The summed E-state index contributed by atoms with van der Waals surface area (Å²) >= 11 is 0. The maximum atomic E-state index is 6.24. The Morgan fingerprint density at radius 1 is 0.926 bits per heavy atom. The summed E-state index contributed by atoms with van der Waals surface area (Å²) in [5.41, 5.74) is 5.51. The molecule has 0 saturated carbocycles. The van der Waals surface area contributed by atoms with Crippen LogP contribution in [0.5, 0.6) is 5.75 Å². The van der Waals surface area contributed by atoms with Crippen LogP contribution < -0.4 is 4.74 Å². The van der Waals surface area contributed by atoms with Crippen molar-refractivity contribution >= 4 is 33.0 Å². The summed E-state index contributed by atoms with van der Waals surface area (Å²) in [6.45, 7) is 5.15. The third-order valence-electron chi connectivity index (χ3n) is 5.50. The van der Waals surface area contributed by atoms with Crippen LogP contribution in [0.15, 0.2) is 40.8 Å². The molecule has 0 spiro atoms. The molecule has 0 aliphatic carbocycles. The summed E-state index contributed by atoms with van der Waals surface area (Å²) in [5.74, 6) is 0.898. The second-order valence-corrected chi connectivity index (χ2v) is 7.63. The Balaban J connectivity index is 1.53. The van der Waals surface area contributed by atoms with Gasteiger partial charge in [0.2, 0.25) is 0 Å². The molecule has 0 aliphatic heterocycles. The van der Waals surface area contributed by atoms with Crippen molar-refractivity contribution in [2.75, 3.05) is 6.61 Å². The first kappa shape index (κ1) is 18.0. The minimum Gasteiger partial charge on any atom is -0.493 e. The number of hydrogen-bond donors (Lipinski definition) is 0. The minimum atomic E-state index is 0.778. The van der Waals surface area contributed by atoms with Gasteiger partial charge in [-0.15, -0.1) is 0 Å². The van der Waals surface area contributed by atoms with Crippen molar-refractivity contribution in [3.63, 3.8) is 0 Å². The standard InChI is InChI=1S/C24H29NO2/c1-4-5-6-7-8-9-14-26-18-11-13-20-22(16-18)27-24-19-12-10-17(2)15-21(19)25(3)23(20)24/h10-13,15-16H,4-9,14H2,1-3H3. The van der Waals surface area contributed by atoms with Crippen molar-refractivity contribution in [2.24, 2.45) is 7.05 Å². The lowest BCUT2D eigenvalue weighted by atomic mass is 10.1. The number of aromatic nitrogens is 1. The Morgan fingerprint density at radius 2 is 1.70 bits per heavy atom. The lowest BCUT2D eigenvalue weighted by Gasteiger charge is -2.06. The monoisotopic (exact) mass is 363 g/mol. The third kappa shape index (κ3) is 3.43. The van der Waals surface area contributed by atoms with Gasteiger partial charge < -0.3 is 13.7 Å². The molecule has 2 aromatic carbocycles. The largest absolute Gasteiger partial charge is 0.493 e. The average Bonchev–Trinajstić information content (AvgIpc) is 3.16. The molecule has 3 nitrogen and oxygen atoms in total. The zero-order valence-corrected chi connectivity index (χ0v) is 16.7. The number of hydrogen-bond acceptors (Lipinski definition) is 2. The van der Waals surface area contributed by atoms with E-state index in [0.29, 0.717) is 0 Å². The minimum absolute atomic E-state index is 0.778. The number of nitrogens with zero attached hydrogens (tertiary/aromatic N) is 1. The van der Waals surface area contributed by atoms with Gasteiger partial charge in [-0.25, -0.2) is 0 Å². The fraction of sp³-hybridized carbons (Fsp3) is 0.417. The van der Waals surface area contributed by atoms with Gasteiger partial charge in [-0.3, -0.25) is 0 Å². The molecule has 0 aliphatic rings. The van der Waals surface area contributed by atoms with Crippen LogP contribution in [0.1, 0.15) is 51.0 Å². The lowest BCUT2D eigenvalue weighted by molar-refractivity contribution is 0.304. The van der Waals surface area contributed by atoms with Gasteiger partial charge in [0.05, 0.1) is 17.6 Å². The van der Waals surface area contributed by atoms with Crippen LogP contribution in [-0.2, 0) is 7.05 Å². The van der Waals surface area contributed by atoms with E-state index in [1.165, 1.54) is 48.6 Å². The number of benzene rings is 2. The van der Waals surface area contributed by atoms with E-state index in [0.717, 1.165) is 40.8 Å². The molecule has 0 atom stereocenters. The van der Waals surface area contributed by atoms with E-state index in [2.05, 4.69) is 55.8 Å². The van der Waals surface area contributed by atoms with E-state index in [4.69, 9.17) is 9.15 Å². The van der Waals surface area contributed by atoms with Gasteiger partial charge in [-0.2, -0.15) is 0 Å². The molecule has 27 heavy (non-hydrogen) atoms. The summed E-state index contributed by atoms with van der Waals surface area (Å²) in [7, 11) is 2.11. The van der Waals surface area contributed by atoms with E-state index in [1.807, 2.05) is 6.07 Å². The Bertz CT molecular complexity index is 1070. The lowest BCUT2D eigenvalue weighted by Crippen LogP contribution is -1.97. The van der Waals surface area contributed by atoms with Crippen molar-refractivity contribution in [1.29, 1.82) is 0 Å². The Morgan fingerprint density at radius 3 is 2.56 bits per heavy atom. The van der Waals surface area contributed by atoms with E-state index < -0.39 is 0 Å². The van der Waals surface area contributed by atoms with E-state index >= 15 is 0 Å². The zero-order chi connectivity index (χ0) is 18.8. The van der Waals surface area contributed by atoms with E-state index in [-0.39, 0.29) is 0 Å². The molecular formula is C24H29NO2. The second-order valence-electron chi connectivity index (χ2n) is 7.63. The molecular weight excluding hydrogens is 334 g/mol. The molecule has 0 N–H and O–H groups in total. The molecule has 0 amide bonds. The summed E-state index contributed by atoms with van der Waals surface area (Å²) in [5, 5.41) is 2.32. The van der Waals surface area contributed by atoms with Crippen molar-refractivity contribution in [1.82, 2.24) is 4.57 Å². The fourth-order valence-electron chi connectivity index (χ4n) is 3.97. The molecule has 0 radical (unpaired) electrons. The highest BCUT2D eigenvalue weighted by molar-refractivity contribution is 6.15. The maximum Gasteiger partial charge on any atom is 0.161 e. The van der Waals surface area contributed by atoms with Gasteiger partial charge in [-0.1, -0.05) is 45.1 Å². The van der Waals surface area contributed by atoms with E-state index in [9.17, 15) is 0 Å². The van der Waals surface area contributed by atoms with Crippen LogP contribution in [0, 0.1) is 6.92 Å². The van der Waals surface area contributed by atoms with Gasteiger partial charge in [0.15, 0.2) is 5.58 Å². The first-order valence-electron chi connectivity index (χ1n) is 10.2. The molecule has 4 rings (SSSR count). The highest BCUT2D eigenvalue weighted by Crippen LogP contribution is 2.37. The number of fused-ring (bicyclic) bond motifs is 5. The van der Waals surface area contributed by atoms with Gasteiger partial charge in [0, 0.05) is 23.9 Å². The number of unbranched alkanes of at least 4 members (excludes halogenated alkanes) is 5.